The molecule has 1 N–H and O–H groups in total. The molecule has 1 aromatic carbocycles. The lowest BCUT2D eigenvalue weighted by Gasteiger charge is -2.21. The fourth-order valence-corrected chi connectivity index (χ4v) is 4.05. The molecule has 4 unspecified atom stereocenters. The fourth-order valence-electron chi connectivity index (χ4n) is 4.05. The summed E-state index contributed by atoms with van der Waals surface area (Å²) in [6.07, 6.45) is 5.14. The van der Waals surface area contributed by atoms with Crippen LogP contribution in [0.2, 0.25) is 0 Å². The summed E-state index contributed by atoms with van der Waals surface area (Å²) in [6, 6.07) is 5.78. The Morgan fingerprint density at radius 3 is 3.00 bits per heavy atom. The molecule has 2 fully saturated rings. The lowest BCUT2D eigenvalue weighted by atomic mass is 9.89. The van der Waals surface area contributed by atoms with Gasteiger partial charge in [0.05, 0.1) is 6.61 Å². The summed E-state index contributed by atoms with van der Waals surface area (Å²) < 4.78 is 11.4. The minimum absolute atomic E-state index is 0.366. The molecule has 2 bridgehead atoms. The van der Waals surface area contributed by atoms with Crippen LogP contribution in [0.1, 0.15) is 37.4 Å². The van der Waals surface area contributed by atoms with Crippen LogP contribution >= 0.6 is 0 Å². The van der Waals surface area contributed by atoms with Crippen LogP contribution in [0, 0.1) is 17.8 Å². The molecule has 4 atom stereocenters. The molecule has 0 aromatic heterocycles. The lowest BCUT2D eigenvalue weighted by Crippen LogP contribution is -2.18. The molecule has 2 aliphatic carbocycles. The van der Waals surface area contributed by atoms with Crippen molar-refractivity contribution in [2.45, 2.75) is 31.8 Å². The maximum absolute atomic E-state index is 9.68. The number of hydrogen-bond acceptors (Lipinski definition) is 3. The average Bonchev–Trinajstić information content (AvgIpc) is 3.12. The van der Waals surface area contributed by atoms with E-state index in [0.29, 0.717) is 6.61 Å². The van der Waals surface area contributed by atoms with Crippen molar-refractivity contribution in [2.75, 3.05) is 13.2 Å². The van der Waals surface area contributed by atoms with E-state index in [4.69, 9.17) is 9.47 Å². The zero-order valence-electron chi connectivity index (χ0n) is 11.0. The minimum Gasteiger partial charge on any atom is -0.493 e. The van der Waals surface area contributed by atoms with Gasteiger partial charge in [0.25, 0.3) is 0 Å². The Morgan fingerprint density at radius 1 is 1.26 bits per heavy atom. The van der Waals surface area contributed by atoms with E-state index < -0.39 is 6.10 Å². The fraction of sp³-hybridized carbons (Fsp3) is 0.625. The van der Waals surface area contributed by atoms with E-state index in [1.54, 1.807) is 0 Å². The quantitative estimate of drug-likeness (QED) is 0.908. The Balaban J connectivity index is 1.41. The third-order valence-electron chi connectivity index (χ3n) is 5.09. The predicted octanol–water partition coefficient (Wildman–Crippen LogP) is 2.93. The smallest absolute Gasteiger partial charge is 0.129 e. The van der Waals surface area contributed by atoms with Gasteiger partial charge in [-0.15, -0.1) is 0 Å². The third-order valence-corrected chi connectivity index (χ3v) is 5.09. The maximum atomic E-state index is 9.68. The van der Waals surface area contributed by atoms with E-state index >= 15 is 0 Å². The number of aliphatic hydroxyl groups excluding tert-OH is 1. The van der Waals surface area contributed by atoms with Crippen molar-refractivity contribution in [3.05, 3.63) is 23.8 Å². The van der Waals surface area contributed by atoms with Gasteiger partial charge in [0.15, 0.2) is 0 Å². The summed E-state index contributed by atoms with van der Waals surface area (Å²) in [5.74, 6) is 4.27. The number of hydrogen-bond donors (Lipinski definition) is 1. The first-order valence-electron chi connectivity index (χ1n) is 7.37. The Morgan fingerprint density at radius 2 is 2.21 bits per heavy atom. The highest BCUT2D eigenvalue weighted by Crippen LogP contribution is 2.48. The predicted molar refractivity (Wildman–Crippen MR) is 71.3 cm³/mol. The van der Waals surface area contributed by atoms with E-state index in [-0.39, 0.29) is 0 Å². The average molecular weight is 260 g/mol. The molecule has 2 saturated carbocycles. The molecule has 0 spiro atoms. The standard InChI is InChI=1S/C16H20O3/c17-15-9-19-16-7-13(3-4-14(15)16)18-8-12-6-10-1-2-11(12)5-10/h3-4,7,10-12,15,17H,1-2,5-6,8-9H2. The lowest BCUT2D eigenvalue weighted by molar-refractivity contribution is 0.140. The number of benzene rings is 1. The van der Waals surface area contributed by atoms with E-state index in [1.807, 2.05) is 18.2 Å². The van der Waals surface area contributed by atoms with E-state index in [0.717, 1.165) is 41.4 Å². The van der Waals surface area contributed by atoms with E-state index in [1.165, 1.54) is 25.7 Å². The van der Waals surface area contributed by atoms with Crippen molar-refractivity contribution in [2.24, 2.45) is 17.8 Å². The molecular weight excluding hydrogens is 240 g/mol. The number of rotatable bonds is 3. The van der Waals surface area contributed by atoms with Gasteiger partial charge in [0, 0.05) is 11.6 Å². The highest BCUT2D eigenvalue weighted by atomic mass is 16.5. The molecule has 0 saturated heterocycles. The van der Waals surface area contributed by atoms with Crippen LogP contribution in [0.25, 0.3) is 0 Å². The van der Waals surface area contributed by atoms with E-state index in [2.05, 4.69) is 0 Å². The molecule has 3 nitrogen and oxygen atoms in total. The zero-order valence-corrected chi connectivity index (χ0v) is 11.0. The van der Waals surface area contributed by atoms with Gasteiger partial charge < -0.3 is 14.6 Å². The van der Waals surface area contributed by atoms with Crippen LogP contribution in [0.5, 0.6) is 11.5 Å². The molecule has 3 aliphatic rings. The molecular formula is C16H20O3. The summed E-state index contributed by atoms with van der Waals surface area (Å²) >= 11 is 0. The third kappa shape index (κ3) is 2.00. The Labute approximate surface area is 113 Å². The molecule has 1 aromatic rings. The number of ether oxygens (including phenoxy) is 2. The zero-order chi connectivity index (χ0) is 12.8. The number of fused-ring (bicyclic) bond motifs is 3. The van der Waals surface area contributed by atoms with Gasteiger partial charge in [-0.2, -0.15) is 0 Å². The molecule has 19 heavy (non-hydrogen) atoms. The second kappa shape index (κ2) is 4.41. The van der Waals surface area contributed by atoms with Crippen molar-refractivity contribution < 1.29 is 14.6 Å². The minimum atomic E-state index is -0.477. The Bertz CT molecular complexity index is 485. The maximum Gasteiger partial charge on any atom is 0.129 e. The largest absolute Gasteiger partial charge is 0.493 e. The van der Waals surface area contributed by atoms with Gasteiger partial charge in [-0.25, -0.2) is 0 Å². The first kappa shape index (κ1) is 11.6. The first-order valence-corrected chi connectivity index (χ1v) is 7.37. The second-order valence-electron chi connectivity index (χ2n) is 6.27. The Kier molecular flexibility index (Phi) is 2.69. The Hall–Kier alpha value is -1.22. The second-order valence-corrected chi connectivity index (χ2v) is 6.27. The van der Waals surface area contributed by atoms with Gasteiger partial charge in [-0.3, -0.25) is 0 Å². The number of aliphatic hydroxyl groups is 1. The molecule has 3 heteroatoms. The van der Waals surface area contributed by atoms with Crippen LogP contribution in [-0.4, -0.2) is 18.3 Å². The summed E-state index contributed by atoms with van der Waals surface area (Å²) in [5.41, 5.74) is 0.882. The van der Waals surface area contributed by atoms with Gasteiger partial charge in [0.2, 0.25) is 0 Å². The normalized spacial score (nSPS) is 35.2. The molecule has 1 heterocycles. The van der Waals surface area contributed by atoms with Crippen LogP contribution < -0.4 is 9.47 Å². The van der Waals surface area contributed by atoms with Crippen molar-refractivity contribution in [1.29, 1.82) is 0 Å². The van der Waals surface area contributed by atoms with Gasteiger partial charge in [-0.1, -0.05) is 6.42 Å². The van der Waals surface area contributed by atoms with Crippen molar-refractivity contribution >= 4 is 0 Å². The van der Waals surface area contributed by atoms with Gasteiger partial charge in [-0.05, 0) is 49.1 Å². The summed E-state index contributed by atoms with van der Waals surface area (Å²) in [6.45, 7) is 1.20. The van der Waals surface area contributed by atoms with Crippen molar-refractivity contribution in [1.82, 2.24) is 0 Å². The van der Waals surface area contributed by atoms with Crippen LogP contribution in [-0.2, 0) is 0 Å². The molecule has 0 amide bonds. The van der Waals surface area contributed by atoms with E-state index in [9.17, 15) is 5.11 Å². The molecule has 1 aliphatic heterocycles. The highest BCUT2D eigenvalue weighted by Gasteiger charge is 2.39. The summed E-state index contributed by atoms with van der Waals surface area (Å²) in [5, 5.41) is 9.68. The molecule has 102 valence electrons. The molecule has 4 rings (SSSR count). The first-order chi connectivity index (χ1) is 9.29. The molecule has 0 radical (unpaired) electrons. The SMILES string of the molecule is OC1COc2cc(OCC3CC4CCC3C4)ccc21. The van der Waals surface area contributed by atoms with Crippen molar-refractivity contribution in [3.63, 3.8) is 0 Å². The monoisotopic (exact) mass is 260 g/mol. The van der Waals surface area contributed by atoms with Gasteiger partial charge in [0.1, 0.15) is 24.2 Å². The van der Waals surface area contributed by atoms with Crippen molar-refractivity contribution in [3.8, 4) is 11.5 Å². The summed E-state index contributed by atoms with van der Waals surface area (Å²) in [7, 11) is 0. The van der Waals surface area contributed by atoms with Crippen LogP contribution in [0.4, 0.5) is 0 Å². The van der Waals surface area contributed by atoms with Crippen LogP contribution in [0.3, 0.4) is 0 Å². The van der Waals surface area contributed by atoms with Crippen LogP contribution in [0.15, 0.2) is 18.2 Å². The van der Waals surface area contributed by atoms with Gasteiger partial charge >= 0.3 is 0 Å². The summed E-state index contributed by atoms with van der Waals surface area (Å²) in [4.78, 5) is 0. The highest BCUT2D eigenvalue weighted by molar-refractivity contribution is 5.44. The topological polar surface area (TPSA) is 38.7 Å².